The van der Waals surface area contributed by atoms with Crippen LogP contribution in [-0.4, -0.2) is 15.0 Å². The Morgan fingerprint density at radius 2 is 2.22 bits per heavy atom. The first-order chi connectivity index (χ1) is 8.70. The van der Waals surface area contributed by atoms with Crippen LogP contribution in [0.3, 0.4) is 0 Å². The van der Waals surface area contributed by atoms with Crippen molar-refractivity contribution in [2.75, 3.05) is 0 Å². The molecule has 2 aromatic rings. The van der Waals surface area contributed by atoms with Crippen molar-refractivity contribution in [1.29, 1.82) is 5.26 Å². The smallest absolute Gasteiger partial charge is 0.186 e. The Labute approximate surface area is 110 Å². The molecular formula is C13H11ClN4. The van der Waals surface area contributed by atoms with Crippen LogP contribution in [0.5, 0.6) is 0 Å². The van der Waals surface area contributed by atoms with E-state index in [1.807, 2.05) is 25.1 Å². The largest absolute Gasteiger partial charge is 0.216 e. The Morgan fingerprint density at radius 3 is 2.83 bits per heavy atom. The lowest BCUT2D eigenvalue weighted by atomic mass is 10.2. The van der Waals surface area contributed by atoms with Gasteiger partial charge in [0.2, 0.25) is 0 Å². The van der Waals surface area contributed by atoms with Gasteiger partial charge in [-0.3, -0.25) is 0 Å². The van der Waals surface area contributed by atoms with Crippen molar-refractivity contribution in [3.8, 4) is 11.8 Å². The van der Waals surface area contributed by atoms with E-state index >= 15 is 0 Å². The number of nitrogens with zero attached hydrogens (tertiary/aromatic N) is 4. The Balaban J connectivity index is 2.14. The topological polar surface area (TPSA) is 54.5 Å². The molecule has 5 heteroatoms. The minimum atomic E-state index is 0.412. The van der Waals surface area contributed by atoms with Gasteiger partial charge in [0.25, 0.3) is 0 Å². The van der Waals surface area contributed by atoms with Crippen LogP contribution in [0.15, 0.2) is 18.2 Å². The Kier molecular flexibility index (Phi) is 2.57. The van der Waals surface area contributed by atoms with Gasteiger partial charge in [0, 0.05) is 10.9 Å². The molecule has 0 radical (unpaired) electrons. The van der Waals surface area contributed by atoms with E-state index in [9.17, 15) is 0 Å². The van der Waals surface area contributed by atoms with Crippen LogP contribution in [-0.2, 0) is 0 Å². The van der Waals surface area contributed by atoms with Crippen LogP contribution in [0, 0.1) is 18.3 Å². The Hall–Kier alpha value is -1.86. The maximum atomic E-state index is 9.06. The number of aryl methyl sites for hydroxylation is 1. The molecule has 18 heavy (non-hydrogen) atoms. The molecule has 0 bridgehead atoms. The molecule has 1 aromatic heterocycles. The molecule has 0 amide bonds. The standard InChI is InChI=1S/C13H11ClN4/c1-8-2-5-10(6-11(8)14)18-13(9-3-4-9)12(7-15)16-17-18/h2,5-6,9H,3-4H2,1H3. The molecule has 90 valence electrons. The lowest BCUT2D eigenvalue weighted by molar-refractivity contribution is 0.763. The molecule has 1 fully saturated rings. The summed E-state index contributed by atoms with van der Waals surface area (Å²) in [6, 6.07) is 7.86. The number of hydrogen-bond donors (Lipinski definition) is 0. The van der Waals surface area contributed by atoms with Crippen molar-refractivity contribution >= 4 is 11.6 Å². The van der Waals surface area contributed by atoms with Crippen LogP contribution in [0.25, 0.3) is 5.69 Å². The first-order valence-corrected chi connectivity index (χ1v) is 6.20. The molecule has 3 rings (SSSR count). The fraction of sp³-hybridized carbons (Fsp3) is 0.308. The van der Waals surface area contributed by atoms with E-state index in [-0.39, 0.29) is 0 Å². The third kappa shape index (κ3) is 1.77. The summed E-state index contributed by atoms with van der Waals surface area (Å²) in [7, 11) is 0. The average molecular weight is 259 g/mol. The molecule has 0 N–H and O–H groups in total. The molecule has 1 aliphatic rings. The lowest BCUT2D eigenvalue weighted by Gasteiger charge is -2.07. The zero-order chi connectivity index (χ0) is 12.7. The van der Waals surface area contributed by atoms with E-state index < -0.39 is 0 Å². The molecular weight excluding hydrogens is 248 g/mol. The molecule has 1 heterocycles. The number of nitriles is 1. The predicted molar refractivity (Wildman–Crippen MR) is 67.8 cm³/mol. The fourth-order valence-electron chi connectivity index (χ4n) is 2.00. The highest BCUT2D eigenvalue weighted by Gasteiger charge is 2.31. The normalized spacial score (nSPS) is 14.5. The highest BCUT2D eigenvalue weighted by Crippen LogP contribution is 2.41. The van der Waals surface area contributed by atoms with Gasteiger partial charge >= 0.3 is 0 Å². The average Bonchev–Trinajstić information content (AvgIpc) is 3.12. The second-order valence-corrected chi connectivity index (χ2v) is 4.96. The maximum absolute atomic E-state index is 9.06. The lowest BCUT2D eigenvalue weighted by Crippen LogP contribution is -2.02. The molecule has 1 aromatic carbocycles. The molecule has 4 nitrogen and oxygen atoms in total. The zero-order valence-corrected chi connectivity index (χ0v) is 10.6. The third-order valence-corrected chi connectivity index (χ3v) is 3.58. The van der Waals surface area contributed by atoms with Crippen molar-refractivity contribution < 1.29 is 0 Å². The number of halogens is 1. The first kappa shape index (κ1) is 11.2. The quantitative estimate of drug-likeness (QED) is 0.832. The molecule has 0 saturated heterocycles. The predicted octanol–water partition coefficient (Wildman–Crippen LogP) is 2.98. The summed E-state index contributed by atoms with van der Waals surface area (Å²) in [5.41, 5.74) is 3.22. The van der Waals surface area contributed by atoms with Crippen molar-refractivity contribution in [1.82, 2.24) is 15.0 Å². The Morgan fingerprint density at radius 1 is 1.44 bits per heavy atom. The second-order valence-electron chi connectivity index (χ2n) is 4.55. The summed E-state index contributed by atoms with van der Waals surface area (Å²) in [5.74, 6) is 0.412. The third-order valence-electron chi connectivity index (χ3n) is 3.17. The molecule has 0 atom stereocenters. The summed E-state index contributed by atoms with van der Waals surface area (Å²) < 4.78 is 1.74. The van der Waals surface area contributed by atoms with Crippen molar-refractivity contribution in [2.24, 2.45) is 0 Å². The van der Waals surface area contributed by atoms with Crippen molar-refractivity contribution in [3.63, 3.8) is 0 Å². The van der Waals surface area contributed by atoms with Crippen LogP contribution < -0.4 is 0 Å². The highest BCUT2D eigenvalue weighted by atomic mass is 35.5. The number of rotatable bonds is 2. The number of aromatic nitrogens is 3. The van der Waals surface area contributed by atoms with E-state index in [0.717, 1.165) is 29.8 Å². The fourth-order valence-corrected chi connectivity index (χ4v) is 2.17. The summed E-state index contributed by atoms with van der Waals surface area (Å²) >= 11 is 6.13. The van der Waals surface area contributed by atoms with E-state index in [1.54, 1.807) is 4.68 Å². The number of hydrogen-bond acceptors (Lipinski definition) is 3. The SMILES string of the molecule is Cc1ccc(-n2nnc(C#N)c2C2CC2)cc1Cl. The summed E-state index contributed by atoms with van der Waals surface area (Å²) in [5, 5.41) is 17.8. The van der Waals surface area contributed by atoms with Crippen molar-refractivity contribution in [3.05, 3.63) is 40.2 Å². The van der Waals surface area contributed by atoms with Gasteiger partial charge in [-0.1, -0.05) is 22.9 Å². The van der Waals surface area contributed by atoms with E-state index in [1.165, 1.54) is 0 Å². The van der Waals surface area contributed by atoms with Gasteiger partial charge in [0.15, 0.2) is 5.69 Å². The molecule has 0 aliphatic heterocycles. The maximum Gasteiger partial charge on any atom is 0.186 e. The van der Waals surface area contributed by atoms with Gasteiger partial charge < -0.3 is 0 Å². The van der Waals surface area contributed by atoms with Gasteiger partial charge in [0.05, 0.1) is 11.4 Å². The molecule has 1 saturated carbocycles. The van der Waals surface area contributed by atoms with E-state index in [0.29, 0.717) is 16.6 Å². The minimum Gasteiger partial charge on any atom is -0.216 e. The van der Waals surface area contributed by atoms with Gasteiger partial charge in [-0.05, 0) is 37.5 Å². The van der Waals surface area contributed by atoms with Gasteiger partial charge in [-0.25, -0.2) is 4.68 Å². The molecule has 0 spiro atoms. The first-order valence-electron chi connectivity index (χ1n) is 5.83. The monoisotopic (exact) mass is 258 g/mol. The second kappa shape index (κ2) is 4.11. The van der Waals surface area contributed by atoms with Crippen molar-refractivity contribution in [2.45, 2.75) is 25.7 Å². The number of benzene rings is 1. The minimum absolute atomic E-state index is 0.412. The summed E-state index contributed by atoms with van der Waals surface area (Å²) in [6.07, 6.45) is 2.20. The van der Waals surface area contributed by atoms with Gasteiger partial charge in [0.1, 0.15) is 6.07 Å². The van der Waals surface area contributed by atoms with E-state index in [4.69, 9.17) is 16.9 Å². The zero-order valence-electron chi connectivity index (χ0n) is 9.89. The van der Waals surface area contributed by atoms with Crippen LogP contribution in [0.1, 0.15) is 35.7 Å². The van der Waals surface area contributed by atoms with Gasteiger partial charge in [-0.15, -0.1) is 5.10 Å². The summed E-state index contributed by atoms with van der Waals surface area (Å²) in [4.78, 5) is 0. The molecule has 1 aliphatic carbocycles. The highest BCUT2D eigenvalue weighted by molar-refractivity contribution is 6.31. The Bertz CT molecular complexity index is 649. The summed E-state index contributed by atoms with van der Waals surface area (Å²) in [6.45, 7) is 1.95. The van der Waals surface area contributed by atoms with Crippen LogP contribution in [0.4, 0.5) is 0 Å². The van der Waals surface area contributed by atoms with Gasteiger partial charge in [-0.2, -0.15) is 5.26 Å². The van der Waals surface area contributed by atoms with Crippen LogP contribution >= 0.6 is 11.6 Å². The molecule has 0 unspecified atom stereocenters. The van der Waals surface area contributed by atoms with E-state index in [2.05, 4.69) is 16.4 Å². The van der Waals surface area contributed by atoms with Crippen LogP contribution in [0.2, 0.25) is 5.02 Å².